The molecule has 0 aromatic rings. The van der Waals surface area contributed by atoms with Crippen LogP contribution in [0.25, 0.3) is 0 Å². The number of carbonyl (C=O) groups is 2. The fourth-order valence-electron chi connectivity index (χ4n) is 0.0962. The van der Waals surface area contributed by atoms with Crippen molar-refractivity contribution in [2.75, 3.05) is 0 Å². The number of amides is 1. The summed E-state index contributed by atoms with van der Waals surface area (Å²) in [6, 6.07) is 0. The van der Waals surface area contributed by atoms with Gasteiger partial charge in [0.05, 0.1) is 0 Å². The van der Waals surface area contributed by atoms with Crippen molar-refractivity contribution in [3.63, 3.8) is 0 Å². The molecule has 0 bridgehead atoms. The van der Waals surface area contributed by atoms with Crippen molar-refractivity contribution in [2.45, 2.75) is 0 Å². The number of carbonyl (C=O) groups excluding carboxylic acids is 2. The summed E-state index contributed by atoms with van der Waals surface area (Å²) in [5.41, 5.74) is 1.56. The molecule has 0 aliphatic heterocycles. The lowest BCUT2D eigenvalue weighted by atomic mass is 11.4. The maximum absolute atomic E-state index is 9.78. The quantitative estimate of drug-likeness (QED) is 0.348. The Labute approximate surface area is 44.5 Å². The molecule has 0 aromatic heterocycles. The fourth-order valence-corrected chi connectivity index (χ4v) is 0.0962. The van der Waals surface area contributed by atoms with Crippen molar-refractivity contribution in [3.8, 4) is 0 Å². The molecular formula is C2H4N2O4. The summed E-state index contributed by atoms with van der Waals surface area (Å²) in [6.07, 6.45) is -1.01. The monoisotopic (exact) mass is 120 g/mol. The van der Waals surface area contributed by atoms with Crippen molar-refractivity contribution in [1.29, 1.82) is 0 Å². The van der Waals surface area contributed by atoms with Gasteiger partial charge in [0.25, 0.3) is 0 Å². The Balaban J connectivity index is 3.11. The number of hydrogen-bond acceptors (Lipinski definition) is 5. The summed E-state index contributed by atoms with van der Waals surface area (Å²) in [5, 5.41) is 0. The lowest BCUT2D eigenvalue weighted by Gasteiger charge is -1.94. The van der Waals surface area contributed by atoms with E-state index in [0.717, 1.165) is 0 Å². The predicted octanol–water partition coefficient (Wildman–Crippen LogP) is -1.33. The Bertz CT molecular complexity index is 92.0. The van der Waals surface area contributed by atoms with Crippen LogP contribution in [0.4, 0.5) is 4.79 Å². The Morgan fingerprint density at radius 2 is 2.38 bits per heavy atom. The van der Waals surface area contributed by atoms with E-state index < -0.39 is 6.16 Å². The van der Waals surface area contributed by atoms with Crippen LogP contribution in [-0.2, 0) is 14.5 Å². The lowest BCUT2D eigenvalue weighted by Crippen LogP contribution is -2.21. The average Bonchev–Trinajstić information content (AvgIpc) is 1.83. The largest absolute Gasteiger partial charge is 0.552 e. The minimum Gasteiger partial charge on any atom is -0.340 e. The van der Waals surface area contributed by atoms with E-state index in [0.29, 0.717) is 0 Å². The van der Waals surface area contributed by atoms with Crippen LogP contribution in [-0.4, -0.2) is 12.6 Å². The summed E-state index contributed by atoms with van der Waals surface area (Å²) < 4.78 is 0. The molecule has 3 N–H and O–H groups in total. The number of hydroxylamine groups is 1. The summed E-state index contributed by atoms with van der Waals surface area (Å²) in [7, 11) is 0. The van der Waals surface area contributed by atoms with Crippen LogP contribution in [0.5, 0.6) is 0 Å². The van der Waals surface area contributed by atoms with E-state index in [9.17, 15) is 9.59 Å². The van der Waals surface area contributed by atoms with Gasteiger partial charge in [-0.25, -0.2) is 0 Å². The summed E-state index contributed by atoms with van der Waals surface area (Å²) >= 11 is 0. The summed E-state index contributed by atoms with van der Waals surface area (Å²) in [6.45, 7) is 0. The van der Waals surface area contributed by atoms with Crippen LogP contribution in [0.2, 0.25) is 0 Å². The standard InChI is InChI=1S/C2H4N2O4/c3-7-2(6)8-4-1-5/h1H,3H2,(H,4,5). The van der Waals surface area contributed by atoms with E-state index in [2.05, 4.69) is 15.6 Å². The van der Waals surface area contributed by atoms with Gasteiger partial charge in [-0.05, 0) is 0 Å². The fraction of sp³-hybridized carbons (Fsp3) is 0. The number of rotatable bonds is 2. The van der Waals surface area contributed by atoms with Gasteiger partial charge in [-0.15, -0.1) is 0 Å². The van der Waals surface area contributed by atoms with E-state index >= 15 is 0 Å². The second kappa shape index (κ2) is 3.88. The highest BCUT2D eigenvalue weighted by molar-refractivity contribution is 5.60. The van der Waals surface area contributed by atoms with Crippen LogP contribution in [0.15, 0.2) is 0 Å². The molecule has 0 fully saturated rings. The maximum atomic E-state index is 9.78. The second-order valence-electron chi connectivity index (χ2n) is 0.706. The summed E-state index contributed by atoms with van der Waals surface area (Å²) in [5.74, 6) is 4.28. The van der Waals surface area contributed by atoms with Gasteiger partial charge in [-0.1, -0.05) is 0 Å². The van der Waals surface area contributed by atoms with Crippen molar-refractivity contribution < 1.29 is 19.3 Å². The Hall–Kier alpha value is -1.30. The Kier molecular flexibility index (Phi) is 3.25. The van der Waals surface area contributed by atoms with E-state index in [1.54, 1.807) is 5.48 Å². The predicted molar refractivity (Wildman–Crippen MR) is 21.0 cm³/mol. The van der Waals surface area contributed by atoms with Gasteiger partial charge in [-0.2, -0.15) is 16.2 Å². The SMILES string of the molecule is NOC(=O)ONC=O. The molecular weight excluding hydrogens is 116 g/mol. The molecule has 46 valence electrons. The van der Waals surface area contributed by atoms with E-state index in [4.69, 9.17) is 0 Å². The molecule has 0 saturated carbocycles. The van der Waals surface area contributed by atoms with E-state index in [-0.39, 0.29) is 6.41 Å². The first-order chi connectivity index (χ1) is 3.81. The van der Waals surface area contributed by atoms with Crippen LogP contribution in [0.3, 0.4) is 0 Å². The molecule has 1 amide bonds. The molecule has 8 heavy (non-hydrogen) atoms. The maximum Gasteiger partial charge on any atom is 0.552 e. The highest BCUT2D eigenvalue weighted by atomic mass is 16.8. The number of nitrogens with two attached hydrogens (primary N) is 1. The normalized spacial score (nSPS) is 7.12. The Morgan fingerprint density at radius 1 is 1.75 bits per heavy atom. The number of nitrogens with one attached hydrogen (secondary N) is 1. The van der Waals surface area contributed by atoms with Gasteiger partial charge in [0, 0.05) is 0 Å². The topological polar surface area (TPSA) is 90.7 Å². The first-order valence-corrected chi connectivity index (χ1v) is 1.58. The first-order valence-electron chi connectivity index (χ1n) is 1.58. The van der Waals surface area contributed by atoms with Crippen LogP contribution < -0.4 is 11.4 Å². The van der Waals surface area contributed by atoms with Crippen molar-refractivity contribution in [1.82, 2.24) is 5.48 Å². The zero-order valence-electron chi connectivity index (χ0n) is 3.79. The third kappa shape index (κ3) is 2.91. The van der Waals surface area contributed by atoms with Crippen LogP contribution >= 0.6 is 0 Å². The lowest BCUT2D eigenvalue weighted by molar-refractivity contribution is -0.118. The van der Waals surface area contributed by atoms with Gasteiger partial charge in [0.2, 0.25) is 6.41 Å². The van der Waals surface area contributed by atoms with Crippen molar-refractivity contribution in [3.05, 3.63) is 0 Å². The van der Waals surface area contributed by atoms with Gasteiger partial charge in [0.1, 0.15) is 0 Å². The molecule has 0 heterocycles. The minimum atomic E-state index is -1.17. The molecule has 0 saturated heterocycles. The zero-order valence-corrected chi connectivity index (χ0v) is 3.79. The highest BCUT2D eigenvalue weighted by Crippen LogP contribution is 1.69. The van der Waals surface area contributed by atoms with Crippen molar-refractivity contribution in [2.24, 2.45) is 5.90 Å². The van der Waals surface area contributed by atoms with Gasteiger partial charge < -0.3 is 9.68 Å². The highest BCUT2D eigenvalue weighted by Gasteiger charge is 1.96. The molecule has 0 aliphatic rings. The van der Waals surface area contributed by atoms with E-state index in [1.165, 1.54) is 0 Å². The third-order valence-electron chi connectivity index (χ3n) is 0.287. The van der Waals surface area contributed by atoms with Gasteiger partial charge >= 0.3 is 6.16 Å². The molecule has 0 radical (unpaired) electrons. The Morgan fingerprint density at radius 3 is 2.75 bits per heavy atom. The molecule has 0 aliphatic carbocycles. The van der Waals surface area contributed by atoms with Crippen molar-refractivity contribution >= 4 is 12.6 Å². The molecule has 6 nitrogen and oxygen atoms in total. The first kappa shape index (κ1) is 6.70. The molecule has 0 aromatic carbocycles. The smallest absolute Gasteiger partial charge is 0.340 e. The van der Waals surface area contributed by atoms with Gasteiger partial charge in [0.15, 0.2) is 0 Å². The zero-order chi connectivity index (χ0) is 6.41. The molecule has 0 rings (SSSR count). The summed E-state index contributed by atoms with van der Waals surface area (Å²) in [4.78, 5) is 26.3. The van der Waals surface area contributed by atoms with Gasteiger partial charge in [-0.3, -0.25) is 4.79 Å². The molecule has 0 atom stereocenters. The third-order valence-corrected chi connectivity index (χ3v) is 0.287. The second-order valence-corrected chi connectivity index (χ2v) is 0.706. The molecule has 0 spiro atoms. The van der Waals surface area contributed by atoms with E-state index in [1.807, 2.05) is 0 Å². The minimum absolute atomic E-state index is 0.164. The molecule has 0 unspecified atom stereocenters. The molecule has 6 heteroatoms. The number of hydrogen-bond donors (Lipinski definition) is 2. The van der Waals surface area contributed by atoms with Crippen LogP contribution in [0.1, 0.15) is 0 Å². The van der Waals surface area contributed by atoms with Crippen LogP contribution in [0, 0.1) is 0 Å². The average molecular weight is 120 g/mol.